The summed E-state index contributed by atoms with van der Waals surface area (Å²) in [7, 11) is 0. The van der Waals surface area contributed by atoms with Gasteiger partial charge in [-0.1, -0.05) is 104 Å². The van der Waals surface area contributed by atoms with Crippen molar-refractivity contribution in [2.45, 2.75) is 40.0 Å². The van der Waals surface area contributed by atoms with Crippen LogP contribution in [0.15, 0.2) is 164 Å². The number of para-hydroxylation sites is 3. The summed E-state index contributed by atoms with van der Waals surface area (Å²) in [6.45, 7) is 6.74. The fraction of sp³-hybridized carbons (Fsp3) is 0.125. The van der Waals surface area contributed by atoms with Gasteiger partial charge in [-0.15, -0.1) is 0 Å². The first-order valence-electron chi connectivity index (χ1n) is 18.6. The average molecular weight is 672 g/mol. The summed E-state index contributed by atoms with van der Waals surface area (Å²) >= 11 is 0. The largest absolute Gasteiger partial charge is 0.311 e. The lowest BCUT2D eigenvalue weighted by molar-refractivity contribution is 0.795. The Morgan fingerprint density at radius 3 is 1.67 bits per heavy atom. The van der Waals surface area contributed by atoms with Crippen LogP contribution in [-0.2, 0) is 6.42 Å². The van der Waals surface area contributed by atoms with E-state index >= 15 is 0 Å². The predicted molar refractivity (Wildman–Crippen MR) is 223 cm³/mol. The van der Waals surface area contributed by atoms with Gasteiger partial charge in [0.2, 0.25) is 0 Å². The number of nitrogens with zero attached hydrogens (tertiary/aromatic N) is 3. The number of hydrogen-bond acceptors (Lipinski definition) is 3. The van der Waals surface area contributed by atoms with Crippen LogP contribution in [-0.4, -0.2) is 6.71 Å². The second kappa shape index (κ2) is 13.3. The number of unbranched alkanes of at least 4 members (excludes halogenated alkanes) is 1. The number of rotatable bonds is 8. The highest BCUT2D eigenvalue weighted by molar-refractivity contribution is 7.00. The molecule has 0 N–H and O–H groups in total. The van der Waals surface area contributed by atoms with Gasteiger partial charge in [-0.2, -0.15) is 0 Å². The highest BCUT2D eigenvalue weighted by Gasteiger charge is 2.43. The van der Waals surface area contributed by atoms with Crippen molar-refractivity contribution >= 4 is 74.3 Å². The Hall–Kier alpha value is -6.00. The third-order valence-corrected chi connectivity index (χ3v) is 10.7. The maximum absolute atomic E-state index is 2.51. The van der Waals surface area contributed by atoms with E-state index < -0.39 is 0 Å². The fourth-order valence-corrected chi connectivity index (χ4v) is 8.25. The molecule has 0 saturated carbocycles. The minimum Gasteiger partial charge on any atom is -0.311 e. The molecule has 4 heteroatoms. The van der Waals surface area contributed by atoms with Crippen LogP contribution in [0.1, 0.15) is 36.5 Å². The minimum atomic E-state index is 0.0783. The van der Waals surface area contributed by atoms with Gasteiger partial charge in [0.1, 0.15) is 0 Å². The highest BCUT2D eigenvalue weighted by Crippen LogP contribution is 2.46. The van der Waals surface area contributed by atoms with Gasteiger partial charge in [-0.3, -0.25) is 0 Å². The summed E-state index contributed by atoms with van der Waals surface area (Å²) in [5.41, 5.74) is 18.5. The van der Waals surface area contributed by atoms with Gasteiger partial charge in [0.15, 0.2) is 0 Å². The first kappa shape index (κ1) is 31.9. The third-order valence-electron chi connectivity index (χ3n) is 10.7. The monoisotopic (exact) mass is 671 g/mol. The Morgan fingerprint density at radius 1 is 0.481 bits per heavy atom. The van der Waals surface area contributed by atoms with E-state index in [2.05, 4.69) is 199 Å². The van der Waals surface area contributed by atoms with E-state index in [-0.39, 0.29) is 6.71 Å². The zero-order valence-electron chi connectivity index (χ0n) is 30.1. The number of hydrogen-bond donors (Lipinski definition) is 0. The van der Waals surface area contributed by atoms with Crippen molar-refractivity contribution in [1.29, 1.82) is 0 Å². The van der Waals surface area contributed by atoms with Gasteiger partial charge >= 0.3 is 0 Å². The molecule has 7 aromatic rings. The molecule has 0 amide bonds. The topological polar surface area (TPSA) is 9.72 Å². The molecule has 7 aromatic carbocycles. The van der Waals surface area contributed by atoms with Gasteiger partial charge in [-0.05, 0) is 133 Å². The Labute approximate surface area is 308 Å². The molecule has 0 aliphatic carbocycles. The summed E-state index contributed by atoms with van der Waals surface area (Å²) < 4.78 is 0. The second-order valence-electron chi connectivity index (χ2n) is 14.2. The quantitative estimate of drug-likeness (QED) is 0.149. The fourth-order valence-electron chi connectivity index (χ4n) is 8.25. The highest BCUT2D eigenvalue weighted by atomic mass is 15.2. The van der Waals surface area contributed by atoms with Crippen molar-refractivity contribution in [3.05, 3.63) is 180 Å². The van der Waals surface area contributed by atoms with Crippen LogP contribution in [0, 0.1) is 13.8 Å². The molecule has 0 spiro atoms. The van der Waals surface area contributed by atoms with Crippen molar-refractivity contribution in [2.75, 3.05) is 14.7 Å². The molecule has 9 rings (SSSR count). The Balaban J connectivity index is 1.29. The molecule has 0 radical (unpaired) electrons. The van der Waals surface area contributed by atoms with E-state index in [1.54, 1.807) is 0 Å². The molecule has 0 aromatic heterocycles. The first-order valence-corrected chi connectivity index (χ1v) is 18.6. The molecule has 0 saturated heterocycles. The molecule has 2 heterocycles. The van der Waals surface area contributed by atoms with Crippen LogP contribution in [0.5, 0.6) is 0 Å². The van der Waals surface area contributed by atoms with Gasteiger partial charge in [0.25, 0.3) is 6.71 Å². The van der Waals surface area contributed by atoms with E-state index in [0.29, 0.717) is 0 Å². The summed E-state index contributed by atoms with van der Waals surface area (Å²) in [5.74, 6) is 0. The molecule has 0 unspecified atom stereocenters. The summed E-state index contributed by atoms with van der Waals surface area (Å²) in [5, 5.41) is 0. The van der Waals surface area contributed by atoms with Crippen LogP contribution in [0.3, 0.4) is 0 Å². The predicted octanol–water partition coefficient (Wildman–Crippen LogP) is 11.2. The van der Waals surface area contributed by atoms with Crippen molar-refractivity contribution in [3.63, 3.8) is 0 Å². The average Bonchev–Trinajstić information content (AvgIpc) is 3.18. The van der Waals surface area contributed by atoms with Crippen LogP contribution in [0.2, 0.25) is 0 Å². The molecule has 3 nitrogen and oxygen atoms in total. The molecule has 52 heavy (non-hydrogen) atoms. The molecule has 252 valence electrons. The number of aryl methyl sites for hydroxylation is 3. The summed E-state index contributed by atoms with van der Waals surface area (Å²) in [6, 6.07) is 60.6. The number of fused-ring (bicyclic) bond motifs is 4. The number of anilines is 9. The van der Waals surface area contributed by atoms with E-state index in [4.69, 9.17) is 0 Å². The van der Waals surface area contributed by atoms with Crippen LogP contribution >= 0.6 is 0 Å². The molecule has 2 aliphatic heterocycles. The molecule has 2 aliphatic rings. The molecular weight excluding hydrogens is 629 g/mol. The smallest absolute Gasteiger partial charge is 0.252 e. The molecule has 0 atom stereocenters. The lowest BCUT2D eigenvalue weighted by Crippen LogP contribution is -2.61. The van der Waals surface area contributed by atoms with Crippen molar-refractivity contribution in [1.82, 2.24) is 0 Å². The normalized spacial score (nSPS) is 12.6. The van der Waals surface area contributed by atoms with Gasteiger partial charge in [0.05, 0.1) is 0 Å². The van der Waals surface area contributed by atoms with E-state index in [9.17, 15) is 0 Å². The lowest BCUT2D eigenvalue weighted by atomic mass is 9.33. The summed E-state index contributed by atoms with van der Waals surface area (Å²) in [4.78, 5) is 7.38. The lowest BCUT2D eigenvalue weighted by Gasteiger charge is -2.44. The zero-order valence-corrected chi connectivity index (χ0v) is 30.1. The second-order valence-corrected chi connectivity index (χ2v) is 14.2. The Bertz CT molecular complexity index is 2330. The maximum Gasteiger partial charge on any atom is 0.252 e. The first-order chi connectivity index (χ1) is 25.6. The minimum absolute atomic E-state index is 0.0783. The number of benzene rings is 7. The molecular formula is C48H42BN3. The van der Waals surface area contributed by atoms with Gasteiger partial charge in [-0.25, -0.2) is 0 Å². The van der Waals surface area contributed by atoms with Crippen LogP contribution in [0.25, 0.3) is 0 Å². The van der Waals surface area contributed by atoms with E-state index in [0.717, 1.165) is 29.2 Å². The Kier molecular flexibility index (Phi) is 8.16. The standard InChI is InChI=1S/C48H42BN3/c1-4-5-14-36-23-27-40(28-24-36)51-44-20-13-12-19-42(44)49-43-30-29-41(50(37-15-8-6-9-16-37)38-17-10-7-11-18-38)33-45(43)52(39-25-21-34(2)22-26-39)47-32-35(3)31-46(51)48(47)49/h6-13,15-33H,4-5,14H2,1-3H3. The van der Waals surface area contributed by atoms with E-state index in [1.165, 1.54) is 74.4 Å². The summed E-state index contributed by atoms with van der Waals surface area (Å²) in [6.07, 6.45) is 3.53. The molecule has 0 bridgehead atoms. The zero-order chi connectivity index (χ0) is 35.2. The van der Waals surface area contributed by atoms with Gasteiger partial charge in [0, 0.05) is 51.2 Å². The van der Waals surface area contributed by atoms with Crippen LogP contribution < -0.4 is 31.1 Å². The third kappa shape index (κ3) is 5.47. The van der Waals surface area contributed by atoms with Crippen molar-refractivity contribution in [3.8, 4) is 0 Å². The van der Waals surface area contributed by atoms with Crippen molar-refractivity contribution in [2.24, 2.45) is 0 Å². The Morgan fingerprint density at radius 2 is 1.04 bits per heavy atom. The van der Waals surface area contributed by atoms with Gasteiger partial charge < -0.3 is 14.7 Å². The van der Waals surface area contributed by atoms with E-state index in [1.807, 2.05) is 0 Å². The SMILES string of the molecule is CCCCc1ccc(N2c3ccccc3B3c4ccc(N(c5ccccc5)c5ccccc5)cc4N(c4ccc(C)cc4)c4cc(C)cc2c43)cc1. The molecule has 0 fully saturated rings. The van der Waals surface area contributed by atoms with Crippen molar-refractivity contribution < 1.29 is 0 Å². The van der Waals surface area contributed by atoms with Crippen LogP contribution in [0.4, 0.5) is 51.2 Å². The maximum atomic E-state index is 2.51.